The molecule has 1 saturated heterocycles. The molecule has 10 heteroatoms. The highest BCUT2D eigenvalue weighted by Gasteiger charge is 2.33. The number of carbonyl (C=O) groups is 3. The average molecular weight is 476 g/mol. The van der Waals surface area contributed by atoms with Gasteiger partial charge in [-0.05, 0) is 30.7 Å². The van der Waals surface area contributed by atoms with Crippen LogP contribution in [-0.4, -0.2) is 66.8 Å². The lowest BCUT2D eigenvalue weighted by atomic mass is 10.1. The molecule has 0 aliphatic carbocycles. The zero-order valence-electron chi connectivity index (χ0n) is 18.8. The lowest BCUT2D eigenvalue weighted by molar-refractivity contribution is -0.137. The molecule has 2 aromatic rings. The van der Waals surface area contributed by atoms with E-state index in [1.807, 2.05) is 19.1 Å². The number of benzene rings is 2. The number of amides is 3. The van der Waals surface area contributed by atoms with Gasteiger partial charge in [-0.25, -0.2) is 0 Å². The number of rotatable bonds is 7. The Balaban J connectivity index is 1.40. The number of hydrogen-bond acceptors (Lipinski definition) is 4. The fourth-order valence-corrected chi connectivity index (χ4v) is 3.75. The Morgan fingerprint density at radius 3 is 2.26 bits per heavy atom. The van der Waals surface area contributed by atoms with Gasteiger partial charge in [0.1, 0.15) is 0 Å². The smallest absolute Gasteiger partial charge is 0.352 e. The summed E-state index contributed by atoms with van der Waals surface area (Å²) in [4.78, 5) is 40.4. The molecule has 0 aromatic heterocycles. The van der Waals surface area contributed by atoms with Gasteiger partial charge >= 0.3 is 6.18 Å². The van der Waals surface area contributed by atoms with Crippen LogP contribution < -0.4 is 10.6 Å². The molecule has 182 valence electrons. The van der Waals surface area contributed by atoms with Crippen LogP contribution in [0.15, 0.2) is 48.5 Å². The lowest BCUT2D eigenvalue weighted by Crippen LogP contribution is -2.50. The van der Waals surface area contributed by atoms with Crippen LogP contribution in [0.5, 0.6) is 0 Å². The van der Waals surface area contributed by atoms with E-state index in [9.17, 15) is 27.6 Å². The fourth-order valence-electron chi connectivity index (χ4n) is 3.75. The Bertz CT molecular complexity index is 1030. The third-order valence-electron chi connectivity index (χ3n) is 5.61. The molecule has 0 spiro atoms. The van der Waals surface area contributed by atoms with Gasteiger partial charge in [-0.3, -0.25) is 19.3 Å². The van der Waals surface area contributed by atoms with E-state index in [1.54, 1.807) is 21.9 Å². The van der Waals surface area contributed by atoms with Gasteiger partial charge in [0.2, 0.25) is 11.8 Å². The number of hydrogen-bond donors (Lipinski definition) is 2. The molecule has 7 nitrogen and oxygen atoms in total. The Morgan fingerprint density at radius 1 is 0.941 bits per heavy atom. The standard InChI is InChI=1S/C24H27F3N4O3/c1-17-6-2-3-7-18(17)23(34)28-11-10-22(33)31-14-12-30(13-15-31)16-21(32)29-20-9-5-4-8-19(20)24(25,26)27/h2-9H,10-16H2,1H3,(H,28,34)(H,29,32). The van der Waals surface area contributed by atoms with Gasteiger partial charge < -0.3 is 15.5 Å². The topological polar surface area (TPSA) is 81.8 Å². The lowest BCUT2D eigenvalue weighted by Gasteiger charge is -2.34. The highest BCUT2D eigenvalue weighted by Crippen LogP contribution is 2.34. The van der Waals surface area contributed by atoms with Crippen LogP contribution >= 0.6 is 0 Å². The highest BCUT2D eigenvalue weighted by molar-refractivity contribution is 5.95. The van der Waals surface area contributed by atoms with Crippen LogP contribution in [0.3, 0.4) is 0 Å². The maximum atomic E-state index is 13.1. The van der Waals surface area contributed by atoms with Gasteiger partial charge in [-0.2, -0.15) is 13.2 Å². The first-order chi connectivity index (χ1) is 16.1. The summed E-state index contributed by atoms with van der Waals surface area (Å²) in [6.07, 6.45) is -4.40. The average Bonchev–Trinajstić information content (AvgIpc) is 2.79. The van der Waals surface area contributed by atoms with Crippen LogP contribution in [-0.2, 0) is 15.8 Å². The van der Waals surface area contributed by atoms with Gasteiger partial charge in [-0.1, -0.05) is 30.3 Å². The van der Waals surface area contributed by atoms with Crippen LogP contribution in [0, 0.1) is 6.92 Å². The number of aryl methyl sites for hydroxylation is 1. The molecule has 0 radical (unpaired) electrons. The molecule has 3 rings (SSSR count). The van der Waals surface area contributed by atoms with Crippen molar-refractivity contribution in [2.75, 3.05) is 44.6 Å². The SMILES string of the molecule is Cc1ccccc1C(=O)NCCC(=O)N1CCN(CC(=O)Nc2ccccc2C(F)(F)F)CC1. The number of alkyl halides is 3. The molecule has 1 aliphatic heterocycles. The van der Waals surface area contributed by atoms with E-state index in [2.05, 4.69) is 10.6 Å². The van der Waals surface area contributed by atoms with Crippen molar-refractivity contribution in [1.82, 2.24) is 15.1 Å². The molecule has 3 amide bonds. The first-order valence-electron chi connectivity index (χ1n) is 10.9. The summed E-state index contributed by atoms with van der Waals surface area (Å²) in [6.45, 7) is 3.64. The molecular weight excluding hydrogens is 449 g/mol. The number of piperazine rings is 1. The normalized spacial score (nSPS) is 14.5. The van der Waals surface area contributed by atoms with E-state index in [0.717, 1.165) is 11.6 Å². The number of carbonyl (C=O) groups excluding carboxylic acids is 3. The van der Waals surface area contributed by atoms with Crippen LogP contribution in [0.1, 0.15) is 27.9 Å². The molecule has 1 aliphatic rings. The quantitative estimate of drug-likeness (QED) is 0.644. The molecule has 0 unspecified atom stereocenters. The van der Waals surface area contributed by atoms with Crippen molar-refractivity contribution in [3.05, 3.63) is 65.2 Å². The van der Waals surface area contributed by atoms with Crippen molar-refractivity contribution in [3.8, 4) is 0 Å². The summed E-state index contributed by atoms with van der Waals surface area (Å²) in [7, 11) is 0. The summed E-state index contributed by atoms with van der Waals surface area (Å²) in [5, 5.41) is 5.09. The largest absolute Gasteiger partial charge is 0.418 e. The number of nitrogens with zero attached hydrogens (tertiary/aromatic N) is 2. The third kappa shape index (κ3) is 6.80. The molecule has 34 heavy (non-hydrogen) atoms. The van der Waals surface area contributed by atoms with Crippen molar-refractivity contribution in [2.45, 2.75) is 19.5 Å². The summed E-state index contributed by atoms with van der Waals surface area (Å²) in [6, 6.07) is 12.0. The molecule has 1 fully saturated rings. The molecule has 0 saturated carbocycles. The second-order valence-electron chi connectivity index (χ2n) is 8.07. The van der Waals surface area contributed by atoms with Crippen molar-refractivity contribution in [1.29, 1.82) is 0 Å². The number of anilines is 1. The maximum Gasteiger partial charge on any atom is 0.418 e. The number of nitrogens with one attached hydrogen (secondary N) is 2. The third-order valence-corrected chi connectivity index (χ3v) is 5.61. The van der Waals surface area contributed by atoms with E-state index in [4.69, 9.17) is 0 Å². The van der Waals surface area contributed by atoms with Crippen molar-refractivity contribution >= 4 is 23.4 Å². The van der Waals surface area contributed by atoms with Crippen LogP contribution in [0.4, 0.5) is 18.9 Å². The van der Waals surface area contributed by atoms with Crippen LogP contribution in [0.2, 0.25) is 0 Å². The van der Waals surface area contributed by atoms with Gasteiger partial charge in [0.25, 0.3) is 5.91 Å². The summed E-state index contributed by atoms with van der Waals surface area (Å²) < 4.78 is 39.3. The first kappa shape index (κ1) is 25.2. The van der Waals surface area contributed by atoms with Gasteiger partial charge in [0, 0.05) is 44.7 Å². The second kappa shape index (κ2) is 11.1. The molecule has 2 N–H and O–H groups in total. The van der Waals surface area contributed by atoms with Crippen molar-refractivity contribution < 1.29 is 27.6 Å². The van der Waals surface area contributed by atoms with Gasteiger partial charge in [0.05, 0.1) is 17.8 Å². The molecule has 1 heterocycles. The van der Waals surface area contributed by atoms with E-state index >= 15 is 0 Å². The highest BCUT2D eigenvalue weighted by atomic mass is 19.4. The zero-order chi connectivity index (χ0) is 24.7. The van der Waals surface area contributed by atoms with Crippen molar-refractivity contribution in [3.63, 3.8) is 0 Å². The second-order valence-corrected chi connectivity index (χ2v) is 8.07. The van der Waals surface area contributed by atoms with Crippen molar-refractivity contribution in [2.24, 2.45) is 0 Å². The number of para-hydroxylation sites is 1. The maximum absolute atomic E-state index is 13.1. The van der Waals surface area contributed by atoms with Gasteiger partial charge in [-0.15, -0.1) is 0 Å². The Morgan fingerprint density at radius 2 is 1.59 bits per heavy atom. The summed E-state index contributed by atoms with van der Waals surface area (Å²) in [5.74, 6) is -0.877. The molecule has 0 atom stereocenters. The van der Waals surface area contributed by atoms with E-state index in [0.29, 0.717) is 31.7 Å². The fraction of sp³-hybridized carbons (Fsp3) is 0.375. The molecule has 0 bridgehead atoms. The Kier molecular flexibility index (Phi) is 8.27. The van der Waals surface area contributed by atoms with E-state index < -0.39 is 17.6 Å². The predicted molar refractivity (Wildman–Crippen MR) is 121 cm³/mol. The summed E-state index contributed by atoms with van der Waals surface area (Å²) >= 11 is 0. The molecular formula is C24H27F3N4O3. The Labute approximate surface area is 195 Å². The first-order valence-corrected chi connectivity index (χ1v) is 10.9. The monoisotopic (exact) mass is 476 g/mol. The minimum Gasteiger partial charge on any atom is -0.352 e. The summed E-state index contributed by atoms with van der Waals surface area (Å²) in [5.41, 5.74) is 0.253. The minimum absolute atomic E-state index is 0.0687. The van der Waals surface area contributed by atoms with Gasteiger partial charge in [0.15, 0.2) is 0 Å². The Hall–Kier alpha value is -3.40. The predicted octanol–water partition coefficient (Wildman–Crippen LogP) is 2.92. The van der Waals surface area contributed by atoms with E-state index in [1.165, 1.54) is 18.2 Å². The number of halogens is 3. The van der Waals surface area contributed by atoms with Crippen LogP contribution in [0.25, 0.3) is 0 Å². The van der Waals surface area contributed by atoms with E-state index in [-0.39, 0.29) is 37.0 Å². The zero-order valence-corrected chi connectivity index (χ0v) is 18.8. The molecule has 2 aromatic carbocycles. The minimum atomic E-state index is -4.56.